The maximum absolute atomic E-state index is 14.0. The number of rotatable bonds is 11. The third-order valence-electron chi connectivity index (χ3n) is 6.19. The number of benzene rings is 3. The zero-order valence-electron chi connectivity index (χ0n) is 22.7. The Labute approximate surface area is 226 Å². The van der Waals surface area contributed by atoms with Crippen LogP contribution in [0.15, 0.2) is 83.8 Å². The topological polar surface area (TPSA) is 86.8 Å². The maximum atomic E-state index is 14.0. The van der Waals surface area contributed by atoms with Crippen LogP contribution in [0.1, 0.15) is 43.9 Å². The minimum Gasteiger partial charge on any atom is -0.352 e. The van der Waals surface area contributed by atoms with Crippen molar-refractivity contribution in [1.82, 2.24) is 10.2 Å². The molecule has 0 aliphatic heterocycles. The zero-order valence-corrected chi connectivity index (χ0v) is 23.5. The Bertz CT molecular complexity index is 1340. The molecule has 8 heteroatoms. The van der Waals surface area contributed by atoms with E-state index in [1.165, 1.54) is 17.0 Å². The fraction of sp³-hybridized carbons (Fsp3) is 0.333. The molecular formula is C30H37N3O4S. The van der Waals surface area contributed by atoms with Gasteiger partial charge in [0.25, 0.3) is 10.0 Å². The summed E-state index contributed by atoms with van der Waals surface area (Å²) >= 11 is 0. The van der Waals surface area contributed by atoms with E-state index >= 15 is 0 Å². The third-order valence-corrected chi connectivity index (χ3v) is 7.98. The fourth-order valence-corrected chi connectivity index (χ4v) is 5.65. The Morgan fingerprint density at radius 1 is 0.868 bits per heavy atom. The molecule has 1 N–H and O–H groups in total. The van der Waals surface area contributed by atoms with Gasteiger partial charge in [0.1, 0.15) is 12.6 Å². The van der Waals surface area contributed by atoms with Gasteiger partial charge >= 0.3 is 0 Å². The summed E-state index contributed by atoms with van der Waals surface area (Å²) in [6, 6.07) is 22.0. The van der Waals surface area contributed by atoms with Crippen LogP contribution in [0.25, 0.3) is 0 Å². The summed E-state index contributed by atoms with van der Waals surface area (Å²) in [5.74, 6) is -0.728. The van der Waals surface area contributed by atoms with Crippen LogP contribution in [0.5, 0.6) is 0 Å². The molecule has 0 aliphatic rings. The highest BCUT2D eigenvalue weighted by molar-refractivity contribution is 7.92. The predicted molar refractivity (Wildman–Crippen MR) is 151 cm³/mol. The molecule has 38 heavy (non-hydrogen) atoms. The van der Waals surface area contributed by atoms with Gasteiger partial charge in [-0.2, -0.15) is 0 Å². The van der Waals surface area contributed by atoms with Crippen molar-refractivity contribution >= 4 is 27.5 Å². The standard InChI is InChI=1S/C30H37N3O4S/c1-6-28(30(35)31-22(2)3)32(20-25-17-15-23(4)16-18-25)29(34)21-33(26-12-10-11-24(5)19-26)38(36,37)27-13-8-7-9-14-27/h7-19,22,28H,6,20-21H2,1-5H3,(H,31,35). The van der Waals surface area contributed by atoms with Crippen LogP contribution in [0.2, 0.25) is 0 Å². The van der Waals surface area contributed by atoms with Crippen molar-refractivity contribution < 1.29 is 18.0 Å². The highest BCUT2D eigenvalue weighted by atomic mass is 32.2. The Morgan fingerprint density at radius 3 is 2.11 bits per heavy atom. The van der Waals surface area contributed by atoms with E-state index in [0.717, 1.165) is 21.0 Å². The molecule has 0 saturated heterocycles. The molecule has 0 fully saturated rings. The number of carbonyl (C=O) groups excluding carboxylic acids is 2. The smallest absolute Gasteiger partial charge is 0.264 e. The van der Waals surface area contributed by atoms with Crippen molar-refractivity contribution in [2.75, 3.05) is 10.8 Å². The van der Waals surface area contributed by atoms with Gasteiger partial charge in [0.15, 0.2) is 0 Å². The van der Waals surface area contributed by atoms with Crippen molar-refractivity contribution in [3.05, 3.63) is 95.6 Å². The van der Waals surface area contributed by atoms with Gasteiger partial charge in [-0.25, -0.2) is 8.42 Å². The van der Waals surface area contributed by atoms with E-state index in [-0.39, 0.29) is 23.4 Å². The molecule has 0 saturated carbocycles. The molecule has 202 valence electrons. The summed E-state index contributed by atoms with van der Waals surface area (Å²) in [7, 11) is -4.06. The molecule has 3 rings (SSSR count). The lowest BCUT2D eigenvalue weighted by molar-refractivity contribution is -0.140. The van der Waals surface area contributed by atoms with E-state index in [1.54, 1.807) is 36.4 Å². The molecule has 2 amide bonds. The number of hydrogen-bond acceptors (Lipinski definition) is 4. The number of nitrogens with one attached hydrogen (secondary N) is 1. The summed E-state index contributed by atoms with van der Waals surface area (Å²) in [6.07, 6.45) is 0.381. The van der Waals surface area contributed by atoms with E-state index in [4.69, 9.17) is 0 Å². The van der Waals surface area contributed by atoms with Gasteiger partial charge < -0.3 is 10.2 Å². The van der Waals surface area contributed by atoms with Crippen LogP contribution >= 0.6 is 0 Å². The lowest BCUT2D eigenvalue weighted by atomic mass is 10.1. The first-order valence-electron chi connectivity index (χ1n) is 12.8. The fourth-order valence-electron chi connectivity index (χ4n) is 4.22. The number of carbonyl (C=O) groups is 2. The van der Waals surface area contributed by atoms with Crippen molar-refractivity contribution in [2.24, 2.45) is 0 Å². The van der Waals surface area contributed by atoms with Crippen molar-refractivity contribution in [3.63, 3.8) is 0 Å². The second kappa shape index (κ2) is 12.7. The van der Waals surface area contributed by atoms with Crippen LogP contribution in [0, 0.1) is 13.8 Å². The summed E-state index contributed by atoms with van der Waals surface area (Å²) < 4.78 is 28.7. The average molecular weight is 536 g/mol. The quantitative estimate of drug-likeness (QED) is 0.381. The minimum atomic E-state index is -4.06. The molecule has 3 aromatic carbocycles. The first kappa shape index (κ1) is 28.9. The van der Waals surface area contributed by atoms with Crippen LogP contribution in [0.3, 0.4) is 0 Å². The first-order chi connectivity index (χ1) is 18.0. The third kappa shape index (κ3) is 7.22. The average Bonchev–Trinajstić information content (AvgIpc) is 2.88. The molecule has 0 radical (unpaired) electrons. The highest BCUT2D eigenvalue weighted by Crippen LogP contribution is 2.25. The number of hydrogen-bond donors (Lipinski definition) is 1. The molecule has 0 bridgehead atoms. The first-order valence-corrected chi connectivity index (χ1v) is 14.3. The Hall–Kier alpha value is -3.65. The molecule has 0 aliphatic carbocycles. The maximum Gasteiger partial charge on any atom is 0.264 e. The highest BCUT2D eigenvalue weighted by Gasteiger charge is 2.33. The molecule has 0 heterocycles. The predicted octanol–water partition coefficient (Wildman–Crippen LogP) is 4.83. The van der Waals surface area contributed by atoms with Gasteiger partial charge in [0.05, 0.1) is 10.6 Å². The summed E-state index contributed by atoms with van der Waals surface area (Å²) in [4.78, 5) is 28.7. The minimum absolute atomic E-state index is 0.0870. The lowest BCUT2D eigenvalue weighted by Gasteiger charge is -2.33. The number of anilines is 1. The van der Waals surface area contributed by atoms with Crippen LogP contribution in [-0.2, 0) is 26.2 Å². The van der Waals surface area contributed by atoms with E-state index in [2.05, 4.69) is 5.32 Å². The van der Waals surface area contributed by atoms with E-state index in [1.807, 2.05) is 65.0 Å². The van der Waals surface area contributed by atoms with Gasteiger partial charge in [-0.1, -0.05) is 67.1 Å². The normalized spacial score (nSPS) is 12.2. The van der Waals surface area contributed by atoms with Gasteiger partial charge in [0.2, 0.25) is 11.8 Å². The van der Waals surface area contributed by atoms with Crippen molar-refractivity contribution in [1.29, 1.82) is 0 Å². The van der Waals surface area contributed by atoms with E-state index < -0.39 is 28.5 Å². The lowest BCUT2D eigenvalue weighted by Crippen LogP contribution is -2.53. The second-order valence-electron chi connectivity index (χ2n) is 9.76. The largest absolute Gasteiger partial charge is 0.352 e. The Kier molecular flexibility index (Phi) is 9.69. The second-order valence-corrected chi connectivity index (χ2v) is 11.6. The van der Waals surface area contributed by atoms with Crippen molar-refractivity contribution in [2.45, 2.75) is 64.6 Å². The van der Waals surface area contributed by atoms with Gasteiger partial charge in [-0.05, 0) is 69.5 Å². The monoisotopic (exact) mass is 535 g/mol. The van der Waals surface area contributed by atoms with Gasteiger partial charge in [-0.15, -0.1) is 0 Å². The van der Waals surface area contributed by atoms with Crippen LogP contribution < -0.4 is 9.62 Å². The number of nitrogens with zero attached hydrogens (tertiary/aromatic N) is 2. The summed E-state index contributed by atoms with van der Waals surface area (Å²) in [6.45, 7) is 9.15. The van der Waals surface area contributed by atoms with Gasteiger partial charge in [-0.3, -0.25) is 13.9 Å². The Balaban J connectivity index is 2.05. The SMILES string of the molecule is CCC(C(=O)NC(C)C)N(Cc1ccc(C)cc1)C(=O)CN(c1cccc(C)c1)S(=O)(=O)c1ccccc1. The Morgan fingerprint density at radius 2 is 1.53 bits per heavy atom. The molecule has 0 spiro atoms. The molecule has 3 aromatic rings. The molecule has 1 atom stereocenters. The molecule has 0 aromatic heterocycles. The number of aryl methyl sites for hydroxylation is 2. The van der Waals surface area contributed by atoms with Crippen LogP contribution in [0.4, 0.5) is 5.69 Å². The van der Waals surface area contributed by atoms with Crippen molar-refractivity contribution in [3.8, 4) is 0 Å². The summed E-state index contributed by atoms with van der Waals surface area (Å²) in [5.41, 5.74) is 3.18. The van der Waals surface area contributed by atoms with Crippen LogP contribution in [-0.4, -0.2) is 43.8 Å². The number of sulfonamides is 1. The van der Waals surface area contributed by atoms with Gasteiger partial charge in [0, 0.05) is 12.6 Å². The summed E-state index contributed by atoms with van der Waals surface area (Å²) in [5, 5.41) is 2.91. The van der Waals surface area contributed by atoms with E-state index in [9.17, 15) is 18.0 Å². The molecule has 1 unspecified atom stereocenters. The molecule has 7 nitrogen and oxygen atoms in total. The molecular weight excluding hydrogens is 498 g/mol. The number of amides is 2. The zero-order chi connectivity index (χ0) is 27.9. The van der Waals surface area contributed by atoms with E-state index in [0.29, 0.717) is 12.1 Å².